The molecule has 18 heavy (non-hydrogen) atoms. The van der Waals surface area contributed by atoms with Crippen molar-refractivity contribution < 1.29 is 0 Å². The second kappa shape index (κ2) is 5.43. The quantitative estimate of drug-likeness (QED) is 0.867. The molecule has 1 N–H and O–H groups in total. The molecule has 0 spiro atoms. The summed E-state index contributed by atoms with van der Waals surface area (Å²) in [6, 6.07) is 0. The van der Waals surface area contributed by atoms with Gasteiger partial charge in [0.25, 0.3) is 0 Å². The number of hydrogen-bond donors (Lipinski definition) is 1. The molecule has 0 amide bonds. The molecular formula is C15H25N3. The van der Waals surface area contributed by atoms with E-state index in [9.17, 15) is 0 Å². The first-order valence-corrected chi connectivity index (χ1v) is 7.66. The average molecular weight is 247 g/mol. The largest absolute Gasteiger partial charge is 0.332 e. The Balaban J connectivity index is 1.77. The number of aromatic nitrogens is 2. The summed E-state index contributed by atoms with van der Waals surface area (Å²) in [5.74, 6) is 2.34. The fourth-order valence-corrected chi connectivity index (χ4v) is 3.20. The van der Waals surface area contributed by atoms with Gasteiger partial charge in [-0.25, -0.2) is 4.98 Å². The molecule has 1 aliphatic carbocycles. The zero-order valence-corrected chi connectivity index (χ0v) is 11.5. The molecule has 3 heteroatoms. The van der Waals surface area contributed by atoms with E-state index in [1.54, 1.807) is 0 Å². The van der Waals surface area contributed by atoms with E-state index in [2.05, 4.69) is 16.8 Å². The van der Waals surface area contributed by atoms with Crippen LogP contribution in [0, 0.1) is 5.92 Å². The van der Waals surface area contributed by atoms with Gasteiger partial charge in [-0.1, -0.05) is 26.2 Å². The van der Waals surface area contributed by atoms with E-state index >= 15 is 0 Å². The maximum Gasteiger partial charge on any atom is 0.109 e. The lowest BCUT2D eigenvalue weighted by atomic mass is 9.83. The molecule has 1 saturated carbocycles. The summed E-state index contributed by atoms with van der Waals surface area (Å²) in [6.07, 6.45) is 9.25. The van der Waals surface area contributed by atoms with Crippen molar-refractivity contribution in [2.45, 2.75) is 65.0 Å². The van der Waals surface area contributed by atoms with Crippen LogP contribution in [0.4, 0.5) is 0 Å². The van der Waals surface area contributed by atoms with Gasteiger partial charge in [-0.2, -0.15) is 0 Å². The summed E-state index contributed by atoms with van der Waals surface area (Å²) < 4.78 is 2.55. The van der Waals surface area contributed by atoms with E-state index in [-0.39, 0.29) is 0 Å². The fourth-order valence-electron chi connectivity index (χ4n) is 3.20. The summed E-state index contributed by atoms with van der Waals surface area (Å²) in [4.78, 5) is 4.86. The molecule has 0 bridgehead atoms. The molecule has 100 valence electrons. The van der Waals surface area contributed by atoms with Crippen LogP contribution in [0.25, 0.3) is 0 Å². The van der Waals surface area contributed by atoms with Gasteiger partial charge in [0.05, 0.1) is 5.69 Å². The van der Waals surface area contributed by atoms with E-state index in [1.807, 2.05) is 0 Å². The highest BCUT2D eigenvalue weighted by atomic mass is 15.1. The Labute approximate surface area is 110 Å². The standard InChI is InChI=1S/C15H25N3/c1-2-4-15-17-13-11-16-9-7-14(13)18(15)10-8-12-5-3-6-12/h12,16H,2-11H2,1H3. The molecule has 3 rings (SSSR count). The van der Waals surface area contributed by atoms with Crippen molar-refractivity contribution in [3.63, 3.8) is 0 Å². The fraction of sp³-hybridized carbons (Fsp3) is 0.800. The van der Waals surface area contributed by atoms with E-state index in [0.29, 0.717) is 0 Å². The van der Waals surface area contributed by atoms with Crippen molar-refractivity contribution in [3.8, 4) is 0 Å². The predicted octanol–water partition coefficient (Wildman–Crippen LogP) is 2.67. The van der Waals surface area contributed by atoms with E-state index in [1.165, 1.54) is 55.9 Å². The van der Waals surface area contributed by atoms with Crippen molar-refractivity contribution in [1.29, 1.82) is 0 Å². The number of hydrogen-bond acceptors (Lipinski definition) is 2. The van der Waals surface area contributed by atoms with Gasteiger partial charge in [-0.15, -0.1) is 0 Å². The van der Waals surface area contributed by atoms with Crippen molar-refractivity contribution in [3.05, 3.63) is 17.2 Å². The minimum Gasteiger partial charge on any atom is -0.332 e. The van der Waals surface area contributed by atoms with Crippen molar-refractivity contribution in [2.75, 3.05) is 6.54 Å². The molecule has 1 fully saturated rings. The summed E-state index contributed by atoms with van der Waals surface area (Å²) >= 11 is 0. The lowest BCUT2D eigenvalue weighted by Crippen LogP contribution is -2.25. The Morgan fingerprint density at radius 3 is 3.00 bits per heavy atom. The highest BCUT2D eigenvalue weighted by Crippen LogP contribution is 2.30. The Bertz CT molecular complexity index is 404. The molecule has 0 aromatic carbocycles. The van der Waals surface area contributed by atoms with Crippen LogP contribution in [0.2, 0.25) is 0 Å². The van der Waals surface area contributed by atoms with Crippen LogP contribution >= 0.6 is 0 Å². The van der Waals surface area contributed by atoms with Gasteiger partial charge < -0.3 is 9.88 Å². The molecule has 0 radical (unpaired) electrons. The van der Waals surface area contributed by atoms with E-state index in [0.717, 1.165) is 31.8 Å². The van der Waals surface area contributed by atoms with Gasteiger partial charge in [0.2, 0.25) is 0 Å². The lowest BCUT2D eigenvalue weighted by Gasteiger charge is -2.26. The van der Waals surface area contributed by atoms with Crippen LogP contribution in [0.15, 0.2) is 0 Å². The van der Waals surface area contributed by atoms with Gasteiger partial charge in [0, 0.05) is 38.2 Å². The first-order chi connectivity index (χ1) is 8.88. The number of aryl methyl sites for hydroxylation is 1. The Kier molecular flexibility index (Phi) is 3.69. The summed E-state index contributed by atoms with van der Waals surface area (Å²) in [6.45, 7) is 5.56. The van der Waals surface area contributed by atoms with Crippen LogP contribution in [0.3, 0.4) is 0 Å². The van der Waals surface area contributed by atoms with Gasteiger partial charge in [0.15, 0.2) is 0 Å². The lowest BCUT2D eigenvalue weighted by molar-refractivity contribution is 0.279. The van der Waals surface area contributed by atoms with Gasteiger partial charge in [0.1, 0.15) is 5.82 Å². The van der Waals surface area contributed by atoms with Gasteiger partial charge in [-0.05, 0) is 18.8 Å². The first kappa shape index (κ1) is 12.2. The minimum atomic E-state index is 0.975. The Morgan fingerprint density at radius 2 is 2.28 bits per heavy atom. The number of imidazole rings is 1. The highest BCUT2D eigenvalue weighted by molar-refractivity contribution is 5.20. The molecular weight excluding hydrogens is 222 g/mol. The minimum absolute atomic E-state index is 0.975. The second-order valence-corrected chi connectivity index (χ2v) is 5.84. The van der Waals surface area contributed by atoms with E-state index in [4.69, 9.17) is 4.98 Å². The van der Waals surface area contributed by atoms with Crippen molar-refractivity contribution in [1.82, 2.24) is 14.9 Å². The average Bonchev–Trinajstić information content (AvgIpc) is 2.66. The van der Waals surface area contributed by atoms with Crippen LogP contribution in [0.5, 0.6) is 0 Å². The summed E-state index contributed by atoms with van der Waals surface area (Å²) in [5, 5.41) is 3.43. The number of nitrogens with zero attached hydrogens (tertiary/aromatic N) is 2. The highest BCUT2D eigenvalue weighted by Gasteiger charge is 2.21. The van der Waals surface area contributed by atoms with Crippen LogP contribution in [-0.4, -0.2) is 16.1 Å². The maximum absolute atomic E-state index is 4.86. The number of nitrogens with one attached hydrogen (secondary N) is 1. The number of rotatable bonds is 5. The molecule has 2 heterocycles. The third kappa shape index (κ3) is 2.33. The van der Waals surface area contributed by atoms with Crippen molar-refractivity contribution >= 4 is 0 Å². The number of fused-ring (bicyclic) bond motifs is 1. The van der Waals surface area contributed by atoms with Gasteiger partial charge >= 0.3 is 0 Å². The Morgan fingerprint density at radius 1 is 1.39 bits per heavy atom. The SMILES string of the molecule is CCCc1nc2c(n1CCC1CCC1)CCNC2. The van der Waals surface area contributed by atoms with Crippen LogP contribution in [-0.2, 0) is 25.9 Å². The van der Waals surface area contributed by atoms with Crippen LogP contribution in [0.1, 0.15) is 56.2 Å². The maximum atomic E-state index is 4.86. The normalized spacial score (nSPS) is 19.6. The molecule has 0 saturated heterocycles. The monoisotopic (exact) mass is 247 g/mol. The molecule has 3 nitrogen and oxygen atoms in total. The Hall–Kier alpha value is -0.830. The zero-order valence-electron chi connectivity index (χ0n) is 11.5. The van der Waals surface area contributed by atoms with Crippen molar-refractivity contribution in [2.24, 2.45) is 5.92 Å². The smallest absolute Gasteiger partial charge is 0.109 e. The molecule has 2 aliphatic rings. The first-order valence-electron chi connectivity index (χ1n) is 7.66. The zero-order chi connectivity index (χ0) is 12.4. The van der Waals surface area contributed by atoms with E-state index < -0.39 is 0 Å². The van der Waals surface area contributed by atoms with Crippen LogP contribution < -0.4 is 5.32 Å². The topological polar surface area (TPSA) is 29.9 Å². The third-order valence-electron chi connectivity index (χ3n) is 4.52. The van der Waals surface area contributed by atoms with Gasteiger partial charge in [-0.3, -0.25) is 0 Å². The summed E-state index contributed by atoms with van der Waals surface area (Å²) in [7, 11) is 0. The second-order valence-electron chi connectivity index (χ2n) is 5.84. The molecule has 1 aliphatic heterocycles. The predicted molar refractivity (Wildman–Crippen MR) is 73.6 cm³/mol. The molecule has 1 aromatic rings. The molecule has 0 atom stereocenters. The summed E-state index contributed by atoms with van der Waals surface area (Å²) in [5.41, 5.74) is 2.84. The third-order valence-corrected chi connectivity index (χ3v) is 4.52. The molecule has 0 unspecified atom stereocenters. The molecule has 1 aromatic heterocycles.